The first-order valence-corrected chi connectivity index (χ1v) is 8.30. The third-order valence-corrected chi connectivity index (χ3v) is 3.91. The molecule has 0 saturated heterocycles. The highest BCUT2D eigenvalue weighted by Crippen LogP contribution is 2.16. The molecule has 6 heteroatoms. The van der Waals surface area contributed by atoms with Crippen LogP contribution in [0.3, 0.4) is 0 Å². The minimum Gasteiger partial charge on any atom is -0.497 e. The third kappa shape index (κ3) is 5.81. The van der Waals surface area contributed by atoms with Crippen LogP contribution in [-0.2, 0) is 13.0 Å². The summed E-state index contributed by atoms with van der Waals surface area (Å²) in [5.74, 6) is -0.172. The fourth-order valence-electron chi connectivity index (χ4n) is 2.60. The molecule has 0 heterocycles. The summed E-state index contributed by atoms with van der Waals surface area (Å²) in [5.41, 5.74) is 1.73. The molecule has 3 N–H and O–H groups in total. The van der Waals surface area contributed by atoms with Crippen LogP contribution in [0.15, 0.2) is 48.5 Å². The number of carbonyl (C=O) groups is 2. The summed E-state index contributed by atoms with van der Waals surface area (Å²) < 4.78 is 5.15. The van der Waals surface area contributed by atoms with Gasteiger partial charge >= 0.3 is 12.0 Å². The van der Waals surface area contributed by atoms with E-state index in [0.29, 0.717) is 13.0 Å². The molecule has 0 aliphatic heterocycles. The van der Waals surface area contributed by atoms with Gasteiger partial charge in [-0.3, -0.25) is 0 Å². The van der Waals surface area contributed by atoms with Gasteiger partial charge in [-0.1, -0.05) is 24.3 Å². The number of hydrogen-bond donors (Lipinski definition) is 3. The SMILES string of the molecule is COc1ccc(CC(C)(C)NC(=O)NCc2ccc(C(=O)O)cc2)cc1. The molecular formula is C20H24N2O4. The fraction of sp³-hybridized carbons (Fsp3) is 0.300. The average molecular weight is 356 g/mol. The first kappa shape index (κ1) is 19.3. The van der Waals surface area contributed by atoms with E-state index >= 15 is 0 Å². The number of aromatic carboxylic acids is 1. The molecule has 138 valence electrons. The maximum atomic E-state index is 12.2. The fourth-order valence-corrected chi connectivity index (χ4v) is 2.60. The molecule has 2 aromatic rings. The van der Waals surface area contributed by atoms with Gasteiger partial charge in [-0.25, -0.2) is 9.59 Å². The van der Waals surface area contributed by atoms with E-state index < -0.39 is 11.5 Å². The second-order valence-electron chi connectivity index (χ2n) is 6.72. The van der Waals surface area contributed by atoms with E-state index in [1.54, 1.807) is 19.2 Å². The van der Waals surface area contributed by atoms with Gasteiger partial charge in [0.1, 0.15) is 5.75 Å². The van der Waals surface area contributed by atoms with Crippen LogP contribution < -0.4 is 15.4 Å². The highest BCUT2D eigenvalue weighted by atomic mass is 16.5. The summed E-state index contributed by atoms with van der Waals surface area (Å²) in [6, 6.07) is 13.9. The minimum atomic E-state index is -0.970. The Morgan fingerprint density at radius 3 is 2.12 bits per heavy atom. The zero-order valence-corrected chi connectivity index (χ0v) is 15.2. The van der Waals surface area contributed by atoms with E-state index in [0.717, 1.165) is 16.9 Å². The van der Waals surface area contributed by atoms with Crippen LogP contribution in [0, 0.1) is 0 Å². The first-order chi connectivity index (χ1) is 12.3. The molecule has 0 aromatic heterocycles. The molecule has 6 nitrogen and oxygen atoms in total. The van der Waals surface area contributed by atoms with Gasteiger partial charge < -0.3 is 20.5 Å². The lowest BCUT2D eigenvalue weighted by Gasteiger charge is -2.26. The number of amides is 2. The van der Waals surface area contributed by atoms with Gasteiger partial charge in [0, 0.05) is 12.1 Å². The zero-order chi connectivity index (χ0) is 19.2. The summed E-state index contributed by atoms with van der Waals surface area (Å²) in [4.78, 5) is 23.0. The van der Waals surface area contributed by atoms with Gasteiger partial charge in [-0.2, -0.15) is 0 Å². The molecule has 0 saturated carbocycles. The van der Waals surface area contributed by atoms with Gasteiger partial charge in [0.25, 0.3) is 0 Å². The van der Waals surface area contributed by atoms with Crippen LogP contribution >= 0.6 is 0 Å². The Balaban J connectivity index is 1.85. The van der Waals surface area contributed by atoms with E-state index in [1.165, 1.54) is 12.1 Å². The van der Waals surface area contributed by atoms with E-state index in [1.807, 2.05) is 38.1 Å². The van der Waals surface area contributed by atoms with E-state index in [4.69, 9.17) is 9.84 Å². The molecule has 0 fully saturated rings. The second-order valence-corrected chi connectivity index (χ2v) is 6.72. The van der Waals surface area contributed by atoms with Crippen molar-refractivity contribution in [3.8, 4) is 5.75 Å². The quantitative estimate of drug-likeness (QED) is 0.711. The Morgan fingerprint density at radius 2 is 1.58 bits per heavy atom. The van der Waals surface area contributed by atoms with Crippen molar-refractivity contribution in [3.05, 3.63) is 65.2 Å². The highest BCUT2D eigenvalue weighted by molar-refractivity contribution is 5.87. The lowest BCUT2D eigenvalue weighted by atomic mass is 9.95. The van der Waals surface area contributed by atoms with E-state index in [-0.39, 0.29) is 11.6 Å². The molecule has 0 atom stereocenters. The van der Waals surface area contributed by atoms with Gasteiger partial charge in [0.15, 0.2) is 0 Å². The van der Waals surface area contributed by atoms with Crippen molar-refractivity contribution < 1.29 is 19.4 Å². The Morgan fingerprint density at radius 1 is 1.00 bits per heavy atom. The Bertz CT molecular complexity index is 752. The van der Waals surface area contributed by atoms with Crippen molar-refractivity contribution in [2.45, 2.75) is 32.4 Å². The summed E-state index contributed by atoms with van der Waals surface area (Å²) in [6.45, 7) is 4.24. The monoisotopic (exact) mass is 356 g/mol. The molecule has 0 spiro atoms. The number of carboxylic acid groups (broad SMARTS) is 1. The number of rotatable bonds is 7. The van der Waals surface area contributed by atoms with E-state index in [9.17, 15) is 9.59 Å². The molecule has 0 unspecified atom stereocenters. The van der Waals surface area contributed by atoms with Crippen molar-refractivity contribution in [1.82, 2.24) is 10.6 Å². The van der Waals surface area contributed by atoms with Gasteiger partial charge in [0.05, 0.1) is 12.7 Å². The predicted octanol–water partition coefficient (Wildman–Crippen LogP) is 3.21. The maximum Gasteiger partial charge on any atom is 0.335 e. The predicted molar refractivity (Wildman–Crippen MR) is 99.5 cm³/mol. The van der Waals surface area contributed by atoms with Gasteiger partial charge in [-0.15, -0.1) is 0 Å². The molecule has 2 rings (SSSR count). The van der Waals surface area contributed by atoms with E-state index in [2.05, 4.69) is 10.6 Å². The third-order valence-electron chi connectivity index (χ3n) is 3.91. The lowest BCUT2D eigenvalue weighted by molar-refractivity contribution is 0.0697. The number of benzene rings is 2. The largest absolute Gasteiger partial charge is 0.497 e. The van der Waals surface area contributed by atoms with Gasteiger partial charge in [0.2, 0.25) is 0 Å². The number of urea groups is 1. The lowest BCUT2D eigenvalue weighted by Crippen LogP contribution is -2.49. The summed E-state index contributed by atoms with van der Waals surface area (Å²) in [7, 11) is 1.63. The summed E-state index contributed by atoms with van der Waals surface area (Å²) >= 11 is 0. The Kier molecular flexibility index (Phi) is 6.22. The molecule has 0 aliphatic rings. The van der Waals surface area contributed by atoms with Crippen molar-refractivity contribution in [2.75, 3.05) is 7.11 Å². The standard InChI is InChI=1S/C20H24N2O4/c1-20(2,12-14-6-10-17(26-3)11-7-14)22-19(25)21-13-15-4-8-16(9-5-15)18(23)24/h4-11H,12-13H2,1-3H3,(H,23,24)(H2,21,22,25). The van der Waals surface area contributed by atoms with Crippen molar-refractivity contribution in [2.24, 2.45) is 0 Å². The smallest absolute Gasteiger partial charge is 0.335 e. The topological polar surface area (TPSA) is 87.7 Å². The summed E-state index contributed by atoms with van der Waals surface area (Å²) in [6.07, 6.45) is 0.678. The zero-order valence-electron chi connectivity index (χ0n) is 15.2. The molecule has 26 heavy (non-hydrogen) atoms. The van der Waals surface area contributed by atoms with Crippen molar-refractivity contribution in [1.29, 1.82) is 0 Å². The van der Waals surface area contributed by atoms with Crippen molar-refractivity contribution >= 4 is 12.0 Å². The molecule has 0 bridgehead atoms. The number of carbonyl (C=O) groups excluding carboxylic acids is 1. The van der Waals surface area contributed by atoms with Crippen molar-refractivity contribution in [3.63, 3.8) is 0 Å². The number of ether oxygens (including phenoxy) is 1. The molecular weight excluding hydrogens is 332 g/mol. The molecule has 0 radical (unpaired) electrons. The average Bonchev–Trinajstić information content (AvgIpc) is 2.60. The maximum absolute atomic E-state index is 12.2. The van der Waals surface area contributed by atoms with Crippen LogP contribution in [-0.4, -0.2) is 29.8 Å². The molecule has 0 aliphatic carbocycles. The van der Waals surface area contributed by atoms with Gasteiger partial charge in [-0.05, 0) is 55.7 Å². The Labute approximate surface area is 153 Å². The highest BCUT2D eigenvalue weighted by Gasteiger charge is 2.21. The first-order valence-electron chi connectivity index (χ1n) is 8.30. The second kappa shape index (κ2) is 8.38. The Hall–Kier alpha value is -3.02. The normalized spacial score (nSPS) is 10.9. The summed E-state index contributed by atoms with van der Waals surface area (Å²) in [5, 5.41) is 14.6. The van der Waals surface area contributed by atoms with Crippen LogP contribution in [0.4, 0.5) is 4.79 Å². The molecule has 2 aromatic carbocycles. The van der Waals surface area contributed by atoms with Crippen LogP contribution in [0.5, 0.6) is 5.75 Å². The van der Waals surface area contributed by atoms with Crippen LogP contribution in [0.2, 0.25) is 0 Å². The van der Waals surface area contributed by atoms with Crippen LogP contribution in [0.1, 0.15) is 35.3 Å². The minimum absolute atomic E-state index is 0.221. The van der Waals surface area contributed by atoms with Crippen LogP contribution in [0.25, 0.3) is 0 Å². The molecule has 2 amide bonds. The number of carboxylic acids is 1. The number of nitrogens with one attached hydrogen (secondary N) is 2. The number of methoxy groups -OCH3 is 1. The number of hydrogen-bond acceptors (Lipinski definition) is 3.